The first-order chi connectivity index (χ1) is 10.7. The van der Waals surface area contributed by atoms with Gasteiger partial charge in [0.25, 0.3) is 0 Å². The van der Waals surface area contributed by atoms with Crippen molar-refractivity contribution in [1.29, 1.82) is 0 Å². The highest BCUT2D eigenvalue weighted by molar-refractivity contribution is 7.84. The number of nitrogens with one attached hydrogen (secondary N) is 2. The van der Waals surface area contributed by atoms with Gasteiger partial charge >= 0.3 is 0 Å². The Labute approximate surface area is 135 Å². The average Bonchev–Trinajstić information content (AvgIpc) is 2.55. The van der Waals surface area contributed by atoms with E-state index in [2.05, 4.69) is 10.6 Å². The van der Waals surface area contributed by atoms with Gasteiger partial charge < -0.3 is 10.6 Å². The molecule has 0 aliphatic heterocycles. The zero-order valence-electron chi connectivity index (χ0n) is 13.3. The molecule has 2 rings (SSSR count). The zero-order valence-corrected chi connectivity index (χ0v) is 14.1. The molecule has 1 aromatic rings. The van der Waals surface area contributed by atoms with Gasteiger partial charge in [-0.05, 0) is 30.5 Å². The molecule has 1 aromatic carbocycles. The molecule has 0 heterocycles. The van der Waals surface area contributed by atoms with E-state index >= 15 is 0 Å². The number of carbonyl (C=O) groups excluding carboxylic acids is 1. The Morgan fingerprint density at radius 2 is 1.82 bits per heavy atom. The normalized spacial score (nSPS) is 17.1. The van der Waals surface area contributed by atoms with Crippen LogP contribution in [0.2, 0.25) is 0 Å². The molecule has 122 valence electrons. The molecule has 0 unspecified atom stereocenters. The molecule has 0 radical (unpaired) electrons. The van der Waals surface area contributed by atoms with Gasteiger partial charge in [-0.2, -0.15) is 0 Å². The molecule has 0 spiro atoms. The quantitative estimate of drug-likeness (QED) is 0.757. The van der Waals surface area contributed by atoms with Crippen LogP contribution in [0.4, 0.5) is 0 Å². The van der Waals surface area contributed by atoms with E-state index in [0.29, 0.717) is 6.54 Å². The lowest BCUT2D eigenvalue weighted by Crippen LogP contribution is -2.36. The highest BCUT2D eigenvalue weighted by Crippen LogP contribution is 2.23. The summed E-state index contributed by atoms with van der Waals surface area (Å²) in [6, 6.07) is 7.78. The number of amides is 1. The Balaban J connectivity index is 1.60. The maximum atomic E-state index is 12.0. The fourth-order valence-corrected chi connectivity index (χ4v) is 3.33. The summed E-state index contributed by atoms with van der Waals surface area (Å²) in [5.74, 6) is 0.451. The predicted octanol–water partition coefficient (Wildman–Crippen LogP) is 2.21. The van der Waals surface area contributed by atoms with Crippen molar-refractivity contribution in [2.24, 2.45) is 5.92 Å². The smallest absolute Gasteiger partial charge is 0.223 e. The summed E-state index contributed by atoms with van der Waals surface area (Å²) in [5, 5.41) is 6.34. The molecule has 0 bridgehead atoms. The van der Waals surface area contributed by atoms with E-state index in [-0.39, 0.29) is 11.8 Å². The maximum Gasteiger partial charge on any atom is 0.223 e. The van der Waals surface area contributed by atoms with E-state index in [4.69, 9.17) is 0 Å². The van der Waals surface area contributed by atoms with Gasteiger partial charge in [0.2, 0.25) is 5.91 Å². The highest BCUT2D eigenvalue weighted by Gasteiger charge is 2.20. The van der Waals surface area contributed by atoms with Crippen molar-refractivity contribution in [3.8, 4) is 0 Å². The van der Waals surface area contributed by atoms with Crippen molar-refractivity contribution in [2.45, 2.75) is 43.5 Å². The van der Waals surface area contributed by atoms with Crippen LogP contribution < -0.4 is 10.6 Å². The molecule has 1 saturated carbocycles. The van der Waals surface area contributed by atoms with Crippen molar-refractivity contribution in [3.63, 3.8) is 0 Å². The first-order valence-corrected chi connectivity index (χ1v) is 9.63. The van der Waals surface area contributed by atoms with Crippen LogP contribution >= 0.6 is 0 Å². The molecule has 0 aromatic heterocycles. The monoisotopic (exact) mass is 322 g/mol. The molecule has 22 heavy (non-hydrogen) atoms. The van der Waals surface area contributed by atoms with E-state index in [9.17, 15) is 9.00 Å². The molecule has 1 fully saturated rings. The topological polar surface area (TPSA) is 58.2 Å². The second-order valence-electron chi connectivity index (χ2n) is 5.90. The lowest BCUT2D eigenvalue weighted by Gasteiger charge is -2.20. The van der Waals surface area contributed by atoms with Gasteiger partial charge in [-0.1, -0.05) is 31.4 Å². The van der Waals surface area contributed by atoms with E-state index in [1.807, 2.05) is 24.3 Å². The Hall–Kier alpha value is -1.20. The number of hydrogen-bond acceptors (Lipinski definition) is 3. The van der Waals surface area contributed by atoms with Crippen LogP contribution in [0.25, 0.3) is 0 Å². The van der Waals surface area contributed by atoms with Crippen LogP contribution in [0, 0.1) is 5.92 Å². The minimum atomic E-state index is -0.922. The SMILES string of the molecule is C[S@](=O)c1ccc(CNCCNC(=O)C2CCCCC2)cc1. The molecule has 0 saturated heterocycles. The fraction of sp³-hybridized carbons (Fsp3) is 0.588. The van der Waals surface area contributed by atoms with Crippen LogP contribution in [-0.2, 0) is 22.1 Å². The van der Waals surface area contributed by atoms with Gasteiger partial charge in [0, 0.05) is 47.5 Å². The van der Waals surface area contributed by atoms with Crippen LogP contribution in [0.1, 0.15) is 37.7 Å². The molecule has 5 heteroatoms. The third-order valence-electron chi connectivity index (χ3n) is 4.16. The molecular formula is C17H26N2O2S. The predicted molar refractivity (Wildman–Crippen MR) is 90.1 cm³/mol. The summed E-state index contributed by atoms with van der Waals surface area (Å²) in [6.45, 7) is 2.20. The summed E-state index contributed by atoms with van der Waals surface area (Å²) < 4.78 is 11.3. The van der Waals surface area contributed by atoms with E-state index in [1.54, 1.807) is 6.26 Å². The van der Waals surface area contributed by atoms with Crippen molar-refractivity contribution < 1.29 is 9.00 Å². The Kier molecular flexibility index (Phi) is 7.06. The molecule has 1 amide bonds. The summed E-state index contributed by atoms with van der Waals surface area (Å²) in [7, 11) is -0.922. The molecular weight excluding hydrogens is 296 g/mol. The third kappa shape index (κ3) is 5.54. The number of rotatable bonds is 7. The average molecular weight is 322 g/mol. The Morgan fingerprint density at radius 3 is 2.45 bits per heavy atom. The molecule has 1 aliphatic rings. The summed E-state index contributed by atoms with van der Waals surface area (Å²) in [5.41, 5.74) is 1.16. The summed E-state index contributed by atoms with van der Waals surface area (Å²) in [6.07, 6.45) is 7.43. The summed E-state index contributed by atoms with van der Waals surface area (Å²) in [4.78, 5) is 12.8. The second-order valence-corrected chi connectivity index (χ2v) is 7.28. The van der Waals surface area contributed by atoms with Crippen LogP contribution in [0.5, 0.6) is 0 Å². The fourth-order valence-electron chi connectivity index (χ4n) is 2.81. The largest absolute Gasteiger partial charge is 0.355 e. The zero-order chi connectivity index (χ0) is 15.8. The summed E-state index contributed by atoms with van der Waals surface area (Å²) >= 11 is 0. The third-order valence-corrected chi connectivity index (χ3v) is 5.10. The lowest BCUT2D eigenvalue weighted by molar-refractivity contribution is -0.125. The minimum absolute atomic E-state index is 0.219. The van der Waals surface area contributed by atoms with Crippen molar-refractivity contribution >= 4 is 16.7 Å². The molecule has 1 aliphatic carbocycles. The van der Waals surface area contributed by atoms with Crippen molar-refractivity contribution in [2.75, 3.05) is 19.3 Å². The molecule has 1 atom stereocenters. The lowest BCUT2D eigenvalue weighted by atomic mass is 9.89. The maximum absolute atomic E-state index is 12.0. The van der Waals surface area contributed by atoms with Gasteiger partial charge in [-0.15, -0.1) is 0 Å². The van der Waals surface area contributed by atoms with Crippen molar-refractivity contribution in [1.82, 2.24) is 10.6 Å². The van der Waals surface area contributed by atoms with Gasteiger partial charge in [0.15, 0.2) is 0 Å². The minimum Gasteiger partial charge on any atom is -0.355 e. The van der Waals surface area contributed by atoms with Crippen molar-refractivity contribution in [3.05, 3.63) is 29.8 Å². The van der Waals surface area contributed by atoms with E-state index in [1.165, 1.54) is 19.3 Å². The Bertz CT molecular complexity index is 496. The van der Waals surface area contributed by atoms with Gasteiger partial charge in [-0.3, -0.25) is 9.00 Å². The van der Waals surface area contributed by atoms with Gasteiger partial charge in [0.05, 0.1) is 0 Å². The van der Waals surface area contributed by atoms with Crippen LogP contribution in [0.15, 0.2) is 29.2 Å². The first-order valence-electron chi connectivity index (χ1n) is 8.07. The van der Waals surface area contributed by atoms with E-state index < -0.39 is 10.8 Å². The highest BCUT2D eigenvalue weighted by atomic mass is 32.2. The molecule has 4 nitrogen and oxygen atoms in total. The van der Waals surface area contributed by atoms with Crippen LogP contribution in [0.3, 0.4) is 0 Å². The second kappa shape index (κ2) is 9.06. The molecule has 2 N–H and O–H groups in total. The Morgan fingerprint density at radius 1 is 1.14 bits per heavy atom. The number of hydrogen-bond donors (Lipinski definition) is 2. The standard InChI is InChI=1S/C17H26N2O2S/c1-22(21)16-9-7-14(8-10-16)13-18-11-12-19-17(20)15-5-3-2-4-6-15/h7-10,15,18H,2-6,11-13H2,1H3,(H,19,20)/t22-/m0/s1. The van der Waals surface area contributed by atoms with Crippen LogP contribution in [-0.4, -0.2) is 29.5 Å². The van der Waals surface area contributed by atoms with E-state index in [0.717, 1.165) is 36.4 Å². The van der Waals surface area contributed by atoms with Gasteiger partial charge in [-0.25, -0.2) is 0 Å². The number of benzene rings is 1. The first kappa shape index (κ1) is 17.2. The number of carbonyl (C=O) groups is 1. The van der Waals surface area contributed by atoms with Gasteiger partial charge in [0.1, 0.15) is 0 Å².